The minimum Gasteiger partial charge on any atom is -0.345 e. The average Bonchev–Trinajstić information content (AvgIpc) is 3.25. The first-order valence-corrected chi connectivity index (χ1v) is 13.4. The van der Waals surface area contributed by atoms with Gasteiger partial charge in [-0.05, 0) is 68.3 Å². The summed E-state index contributed by atoms with van der Waals surface area (Å²) in [7, 11) is 1.79. The molecule has 2 amide bonds. The Bertz CT molecular complexity index is 1190. The molecular formula is C31H38ClN3O2. The first-order valence-electron chi connectivity index (χ1n) is 13.4. The van der Waals surface area contributed by atoms with Gasteiger partial charge < -0.3 is 14.7 Å². The smallest absolute Gasteiger partial charge is 0.232 e. The van der Waals surface area contributed by atoms with Gasteiger partial charge in [-0.2, -0.15) is 0 Å². The normalized spacial score (nSPS) is 18.7. The highest BCUT2D eigenvalue weighted by Gasteiger charge is 2.35. The van der Waals surface area contributed by atoms with E-state index in [1.165, 1.54) is 24.8 Å². The summed E-state index contributed by atoms with van der Waals surface area (Å²) < 4.78 is 0. The van der Waals surface area contributed by atoms with Crippen LogP contribution in [0.3, 0.4) is 0 Å². The van der Waals surface area contributed by atoms with Crippen LogP contribution in [0.25, 0.3) is 10.8 Å². The molecule has 1 atom stereocenters. The van der Waals surface area contributed by atoms with E-state index in [1.54, 1.807) is 11.9 Å². The predicted molar refractivity (Wildman–Crippen MR) is 153 cm³/mol. The predicted octanol–water partition coefficient (Wildman–Crippen LogP) is 5.42. The third kappa shape index (κ3) is 6.52. The summed E-state index contributed by atoms with van der Waals surface area (Å²) in [6.45, 7) is 4.43. The van der Waals surface area contributed by atoms with Gasteiger partial charge in [0.25, 0.3) is 0 Å². The highest BCUT2D eigenvalue weighted by molar-refractivity contribution is 6.05. The molecule has 37 heavy (non-hydrogen) atoms. The number of carbonyl (C=O) groups excluding carboxylic acids is 2. The van der Waals surface area contributed by atoms with E-state index in [-0.39, 0.29) is 30.1 Å². The molecule has 5 rings (SSSR count). The molecule has 2 heterocycles. The Morgan fingerprint density at radius 2 is 1.65 bits per heavy atom. The van der Waals surface area contributed by atoms with Gasteiger partial charge in [-0.3, -0.25) is 9.59 Å². The molecule has 5 nitrogen and oxygen atoms in total. The fraction of sp³-hybridized carbons (Fsp3) is 0.419. The summed E-state index contributed by atoms with van der Waals surface area (Å²) in [5.74, 6) is 0.625. The Kier molecular flexibility index (Phi) is 9.23. The highest BCUT2D eigenvalue weighted by atomic mass is 35.5. The van der Waals surface area contributed by atoms with Crippen LogP contribution in [0.2, 0.25) is 0 Å². The number of hydrogen-bond acceptors (Lipinski definition) is 3. The van der Waals surface area contributed by atoms with Crippen molar-refractivity contribution in [2.24, 2.45) is 11.8 Å². The van der Waals surface area contributed by atoms with Crippen molar-refractivity contribution in [2.75, 3.05) is 44.7 Å². The standard InChI is InChI=1S/C31H37N3O2.ClH/c1-32-23-27(22-30(32)35)31(36)34(29-14-7-12-26-11-5-6-13-28(26)29)18-8-17-33-19-15-25(16-20-33)21-24-9-3-2-4-10-24;/h2-7,9-14,25,27H,8,15-23H2,1H3;1H. The van der Waals surface area contributed by atoms with Crippen molar-refractivity contribution >= 4 is 40.7 Å². The molecule has 6 heteroatoms. The number of likely N-dealkylation sites (tertiary alicyclic amines) is 2. The van der Waals surface area contributed by atoms with E-state index < -0.39 is 0 Å². The number of carbonyl (C=O) groups is 2. The quantitative estimate of drug-likeness (QED) is 0.399. The van der Waals surface area contributed by atoms with Gasteiger partial charge in [0.15, 0.2) is 0 Å². The summed E-state index contributed by atoms with van der Waals surface area (Å²) in [5, 5.41) is 2.22. The van der Waals surface area contributed by atoms with Crippen molar-refractivity contribution in [3.8, 4) is 0 Å². The van der Waals surface area contributed by atoms with E-state index >= 15 is 0 Å². The van der Waals surface area contributed by atoms with Crippen LogP contribution in [0.15, 0.2) is 72.8 Å². The molecule has 3 aromatic rings. The van der Waals surface area contributed by atoms with E-state index in [0.29, 0.717) is 19.5 Å². The number of fused-ring (bicyclic) bond motifs is 1. The Morgan fingerprint density at radius 3 is 2.38 bits per heavy atom. The maximum absolute atomic E-state index is 13.7. The minimum absolute atomic E-state index is 0. The molecule has 3 aromatic carbocycles. The van der Waals surface area contributed by atoms with Crippen LogP contribution >= 0.6 is 12.4 Å². The molecular weight excluding hydrogens is 482 g/mol. The summed E-state index contributed by atoms with van der Waals surface area (Å²) in [4.78, 5) is 32.1. The summed E-state index contributed by atoms with van der Waals surface area (Å²) >= 11 is 0. The molecule has 0 aliphatic carbocycles. The second kappa shape index (κ2) is 12.6. The van der Waals surface area contributed by atoms with Crippen LogP contribution in [0.5, 0.6) is 0 Å². The minimum atomic E-state index is -0.268. The lowest BCUT2D eigenvalue weighted by atomic mass is 9.90. The van der Waals surface area contributed by atoms with Crippen LogP contribution in [-0.2, 0) is 16.0 Å². The van der Waals surface area contributed by atoms with Crippen LogP contribution < -0.4 is 4.90 Å². The van der Waals surface area contributed by atoms with Gasteiger partial charge in [0, 0.05) is 31.9 Å². The van der Waals surface area contributed by atoms with Crippen LogP contribution in [-0.4, -0.2) is 61.4 Å². The van der Waals surface area contributed by atoms with Crippen molar-refractivity contribution in [1.29, 1.82) is 0 Å². The SMILES string of the molecule is CN1CC(C(=O)N(CCCN2CCC(Cc3ccccc3)CC2)c2cccc3ccccc23)CC1=O.Cl. The Morgan fingerprint density at radius 1 is 0.946 bits per heavy atom. The Balaban J connectivity index is 0.00000320. The van der Waals surface area contributed by atoms with Gasteiger partial charge in [-0.15, -0.1) is 12.4 Å². The second-order valence-corrected chi connectivity index (χ2v) is 10.5. The van der Waals surface area contributed by atoms with Crippen molar-refractivity contribution in [1.82, 2.24) is 9.80 Å². The summed E-state index contributed by atoms with van der Waals surface area (Å²) in [6, 6.07) is 25.2. The topological polar surface area (TPSA) is 43.9 Å². The molecule has 1 unspecified atom stereocenters. The van der Waals surface area contributed by atoms with Crippen molar-refractivity contribution in [2.45, 2.75) is 32.1 Å². The molecule has 196 valence electrons. The molecule has 0 saturated carbocycles. The first kappa shape index (κ1) is 27.2. The monoisotopic (exact) mass is 519 g/mol. The molecule has 2 aliphatic rings. The summed E-state index contributed by atoms with van der Waals surface area (Å²) in [6.07, 6.45) is 4.88. The van der Waals surface area contributed by atoms with Gasteiger partial charge in [-0.25, -0.2) is 0 Å². The number of anilines is 1. The molecule has 0 aromatic heterocycles. The van der Waals surface area contributed by atoms with Crippen molar-refractivity contribution in [3.05, 3.63) is 78.4 Å². The lowest BCUT2D eigenvalue weighted by Crippen LogP contribution is -2.40. The number of benzene rings is 3. The van der Waals surface area contributed by atoms with Gasteiger partial charge in [0.05, 0.1) is 11.6 Å². The van der Waals surface area contributed by atoms with E-state index in [0.717, 1.165) is 48.4 Å². The van der Waals surface area contributed by atoms with Gasteiger partial charge in [-0.1, -0.05) is 66.7 Å². The third-order valence-electron chi connectivity index (χ3n) is 7.94. The molecule has 0 bridgehead atoms. The zero-order chi connectivity index (χ0) is 24.9. The molecule has 2 saturated heterocycles. The highest BCUT2D eigenvalue weighted by Crippen LogP contribution is 2.30. The second-order valence-electron chi connectivity index (χ2n) is 10.5. The Hall–Kier alpha value is -2.89. The lowest BCUT2D eigenvalue weighted by Gasteiger charge is -2.33. The fourth-order valence-electron chi connectivity index (χ4n) is 5.86. The number of amides is 2. The zero-order valence-electron chi connectivity index (χ0n) is 21.7. The lowest BCUT2D eigenvalue weighted by molar-refractivity contribution is -0.127. The van der Waals surface area contributed by atoms with Gasteiger partial charge in [0.2, 0.25) is 11.8 Å². The van der Waals surface area contributed by atoms with E-state index in [4.69, 9.17) is 0 Å². The molecule has 2 fully saturated rings. The summed E-state index contributed by atoms with van der Waals surface area (Å²) in [5.41, 5.74) is 2.40. The van der Waals surface area contributed by atoms with E-state index in [2.05, 4.69) is 59.5 Å². The molecule has 0 N–H and O–H groups in total. The first-order chi connectivity index (χ1) is 17.6. The number of hydrogen-bond donors (Lipinski definition) is 0. The van der Waals surface area contributed by atoms with Crippen LogP contribution in [0.4, 0.5) is 5.69 Å². The number of halogens is 1. The fourth-order valence-corrected chi connectivity index (χ4v) is 5.86. The number of nitrogens with zero attached hydrogens (tertiary/aromatic N) is 3. The maximum Gasteiger partial charge on any atom is 0.232 e. The van der Waals surface area contributed by atoms with E-state index in [1.807, 2.05) is 23.1 Å². The molecule has 2 aliphatic heterocycles. The van der Waals surface area contributed by atoms with E-state index in [9.17, 15) is 9.59 Å². The van der Waals surface area contributed by atoms with Crippen LogP contribution in [0.1, 0.15) is 31.2 Å². The average molecular weight is 520 g/mol. The van der Waals surface area contributed by atoms with Gasteiger partial charge in [0.1, 0.15) is 0 Å². The van der Waals surface area contributed by atoms with Crippen LogP contribution in [0, 0.1) is 11.8 Å². The third-order valence-corrected chi connectivity index (χ3v) is 7.94. The maximum atomic E-state index is 13.7. The van der Waals surface area contributed by atoms with Crippen molar-refractivity contribution in [3.63, 3.8) is 0 Å². The van der Waals surface area contributed by atoms with Gasteiger partial charge >= 0.3 is 0 Å². The molecule has 0 spiro atoms. The zero-order valence-corrected chi connectivity index (χ0v) is 22.5. The number of rotatable bonds is 8. The molecule has 0 radical (unpaired) electrons. The largest absolute Gasteiger partial charge is 0.345 e. The van der Waals surface area contributed by atoms with Crippen molar-refractivity contribution < 1.29 is 9.59 Å². The number of piperidine rings is 1. The Labute approximate surface area is 226 Å².